The second-order valence-electron chi connectivity index (χ2n) is 7.87. The van der Waals surface area contributed by atoms with Gasteiger partial charge in [0.2, 0.25) is 11.8 Å². The molecule has 4 rings (SSSR count). The van der Waals surface area contributed by atoms with Crippen LogP contribution in [0.3, 0.4) is 0 Å². The van der Waals surface area contributed by atoms with Crippen LogP contribution in [0.2, 0.25) is 0 Å². The smallest absolute Gasteiger partial charge is 0.345 e. The maximum absolute atomic E-state index is 12.8. The fraction of sp³-hybridized carbons (Fsp3) is 0.650. The molecule has 0 aromatic carbocycles. The molecule has 152 valence electrons. The van der Waals surface area contributed by atoms with E-state index in [-0.39, 0.29) is 18.4 Å². The van der Waals surface area contributed by atoms with Crippen molar-refractivity contribution in [3.8, 4) is 0 Å². The molecule has 0 aliphatic carbocycles. The number of piperidine rings is 1. The monoisotopic (exact) mass is 406 g/mol. The van der Waals surface area contributed by atoms with E-state index in [1.165, 1.54) is 11.3 Å². The highest BCUT2D eigenvalue weighted by molar-refractivity contribution is 7.14. The normalized spacial score (nSPS) is 22.1. The molecule has 1 aromatic rings. The van der Waals surface area contributed by atoms with Crippen molar-refractivity contribution in [3.05, 3.63) is 21.4 Å². The highest BCUT2D eigenvalue weighted by Crippen LogP contribution is 2.45. The van der Waals surface area contributed by atoms with Gasteiger partial charge in [-0.15, -0.1) is 11.3 Å². The summed E-state index contributed by atoms with van der Waals surface area (Å²) >= 11 is 1.31. The number of carbonyl (C=O) groups is 3. The Kier molecular flexibility index (Phi) is 5.42. The largest absolute Gasteiger partial charge is 0.477 e. The van der Waals surface area contributed by atoms with Crippen molar-refractivity contribution >= 4 is 29.1 Å². The average Bonchev–Trinajstić information content (AvgIpc) is 3.04. The first kappa shape index (κ1) is 19.4. The van der Waals surface area contributed by atoms with Gasteiger partial charge in [-0.25, -0.2) is 4.79 Å². The molecule has 0 atom stereocenters. The van der Waals surface area contributed by atoms with Crippen LogP contribution in [0.25, 0.3) is 0 Å². The second-order valence-corrected chi connectivity index (χ2v) is 8.92. The quantitative estimate of drug-likeness (QED) is 0.832. The van der Waals surface area contributed by atoms with Crippen LogP contribution in [-0.2, 0) is 26.3 Å². The lowest BCUT2D eigenvalue weighted by Gasteiger charge is -2.44. The number of hydrogen-bond acceptors (Lipinski definition) is 5. The highest BCUT2D eigenvalue weighted by Gasteiger charge is 2.43. The Bertz CT molecular complexity index is 782. The summed E-state index contributed by atoms with van der Waals surface area (Å²) in [5, 5.41) is 9.32. The molecule has 1 N–H and O–H groups in total. The summed E-state index contributed by atoms with van der Waals surface area (Å²) in [5.41, 5.74) is 0.602. The van der Waals surface area contributed by atoms with Crippen molar-refractivity contribution in [2.45, 2.75) is 50.5 Å². The van der Waals surface area contributed by atoms with Crippen LogP contribution in [0.1, 0.15) is 58.6 Å². The molecule has 1 aromatic heterocycles. The summed E-state index contributed by atoms with van der Waals surface area (Å²) < 4.78 is 6.15. The number of carbonyl (C=O) groups excluding carboxylic acids is 2. The first-order valence-corrected chi connectivity index (χ1v) is 10.9. The zero-order valence-corrected chi connectivity index (χ0v) is 16.8. The van der Waals surface area contributed by atoms with Crippen LogP contribution in [0, 0.1) is 0 Å². The van der Waals surface area contributed by atoms with Crippen LogP contribution in [0.5, 0.6) is 0 Å². The van der Waals surface area contributed by atoms with Gasteiger partial charge in [0.25, 0.3) is 0 Å². The van der Waals surface area contributed by atoms with E-state index in [0.717, 1.165) is 36.1 Å². The van der Waals surface area contributed by atoms with Gasteiger partial charge in [-0.2, -0.15) is 0 Å². The lowest BCUT2D eigenvalue weighted by atomic mass is 9.85. The molecule has 0 radical (unpaired) electrons. The zero-order chi connectivity index (χ0) is 19.7. The molecule has 0 unspecified atom stereocenters. The topological polar surface area (TPSA) is 87.2 Å². The van der Waals surface area contributed by atoms with E-state index >= 15 is 0 Å². The summed E-state index contributed by atoms with van der Waals surface area (Å²) in [5.74, 6) is -0.817. The van der Waals surface area contributed by atoms with Crippen LogP contribution < -0.4 is 0 Å². The number of thiophene rings is 1. The van der Waals surface area contributed by atoms with E-state index in [1.807, 2.05) is 4.90 Å². The first-order valence-electron chi connectivity index (χ1n) is 10.0. The van der Waals surface area contributed by atoms with E-state index < -0.39 is 11.6 Å². The molecule has 8 heteroatoms. The third kappa shape index (κ3) is 3.67. The highest BCUT2D eigenvalue weighted by atomic mass is 32.1. The van der Waals surface area contributed by atoms with Gasteiger partial charge in [-0.3, -0.25) is 9.59 Å². The summed E-state index contributed by atoms with van der Waals surface area (Å²) in [6.45, 7) is 2.56. The minimum absolute atomic E-state index is 0.00135. The lowest BCUT2D eigenvalue weighted by molar-refractivity contribution is -0.145. The SMILES string of the molecule is O=C(O)c1cc2c(s1)C1(CCN(C(=O)CN3CCCCCC3=O)CC1)OCC2. The van der Waals surface area contributed by atoms with Gasteiger partial charge >= 0.3 is 5.97 Å². The maximum atomic E-state index is 12.8. The molecule has 2 amide bonds. The summed E-state index contributed by atoms with van der Waals surface area (Å²) in [6.07, 6.45) is 5.52. The van der Waals surface area contributed by atoms with E-state index in [4.69, 9.17) is 4.74 Å². The number of carboxylic acid groups (broad SMARTS) is 1. The lowest BCUT2D eigenvalue weighted by Crippen LogP contribution is -2.50. The predicted octanol–water partition coefficient (Wildman–Crippen LogP) is 2.24. The molecule has 3 aliphatic heterocycles. The van der Waals surface area contributed by atoms with Crippen molar-refractivity contribution in [1.82, 2.24) is 9.80 Å². The Hall–Kier alpha value is -1.93. The van der Waals surface area contributed by atoms with E-state index in [0.29, 0.717) is 50.4 Å². The van der Waals surface area contributed by atoms with Gasteiger partial charge in [0.1, 0.15) is 10.5 Å². The Balaban J connectivity index is 1.41. The fourth-order valence-corrected chi connectivity index (χ4v) is 5.73. The second kappa shape index (κ2) is 7.83. The van der Waals surface area contributed by atoms with Crippen molar-refractivity contribution in [3.63, 3.8) is 0 Å². The fourth-order valence-electron chi connectivity index (χ4n) is 4.49. The first-order chi connectivity index (χ1) is 13.5. The molecule has 7 nitrogen and oxygen atoms in total. The van der Waals surface area contributed by atoms with Crippen LogP contribution >= 0.6 is 11.3 Å². The number of carboxylic acids is 1. The third-order valence-electron chi connectivity index (χ3n) is 6.10. The standard InChI is InChI=1S/C20H26N2O5S/c23-16-4-2-1-3-8-22(16)13-17(24)21-9-6-20(7-10-21)18-14(5-11-27-20)12-15(28-18)19(25)26/h12H,1-11,13H2,(H,25,26). The number of ether oxygens (including phenoxy) is 1. The summed E-state index contributed by atoms with van der Waals surface area (Å²) in [4.78, 5) is 41.2. The van der Waals surface area contributed by atoms with Crippen molar-refractivity contribution in [1.29, 1.82) is 0 Å². The minimum atomic E-state index is -0.899. The number of hydrogen-bond donors (Lipinski definition) is 1. The third-order valence-corrected chi connectivity index (χ3v) is 7.46. The number of fused-ring (bicyclic) bond motifs is 2. The average molecular weight is 407 g/mol. The molecule has 1 spiro atoms. The molecule has 28 heavy (non-hydrogen) atoms. The van der Waals surface area contributed by atoms with Gasteiger partial charge in [0.05, 0.1) is 13.2 Å². The summed E-state index contributed by atoms with van der Waals surface area (Å²) in [6, 6.07) is 1.77. The van der Waals surface area contributed by atoms with Crippen molar-refractivity contribution in [2.24, 2.45) is 0 Å². The van der Waals surface area contributed by atoms with Crippen molar-refractivity contribution < 1.29 is 24.2 Å². The number of nitrogens with zero attached hydrogens (tertiary/aromatic N) is 2. The Morgan fingerprint density at radius 2 is 1.93 bits per heavy atom. The molecular weight excluding hydrogens is 380 g/mol. The number of amides is 2. The van der Waals surface area contributed by atoms with E-state index in [1.54, 1.807) is 11.0 Å². The molecule has 0 saturated carbocycles. The Morgan fingerprint density at radius 1 is 1.14 bits per heavy atom. The Labute approximate surface area is 168 Å². The maximum Gasteiger partial charge on any atom is 0.345 e. The molecule has 0 bridgehead atoms. The molecular formula is C20H26N2O5S. The minimum Gasteiger partial charge on any atom is -0.477 e. The van der Waals surface area contributed by atoms with E-state index in [9.17, 15) is 19.5 Å². The molecule has 2 fully saturated rings. The van der Waals surface area contributed by atoms with Crippen molar-refractivity contribution in [2.75, 3.05) is 32.8 Å². The zero-order valence-electron chi connectivity index (χ0n) is 15.9. The molecule has 3 aliphatic rings. The van der Waals surface area contributed by atoms with Gasteiger partial charge in [0.15, 0.2) is 0 Å². The number of aromatic carboxylic acids is 1. The van der Waals surface area contributed by atoms with Gasteiger partial charge in [-0.1, -0.05) is 6.42 Å². The van der Waals surface area contributed by atoms with Crippen LogP contribution in [0.15, 0.2) is 6.07 Å². The van der Waals surface area contributed by atoms with Crippen LogP contribution in [0.4, 0.5) is 0 Å². The molecule has 2 saturated heterocycles. The van der Waals surface area contributed by atoms with Gasteiger partial charge < -0.3 is 19.6 Å². The van der Waals surface area contributed by atoms with Gasteiger partial charge in [0, 0.05) is 30.9 Å². The number of rotatable bonds is 3. The molecule has 4 heterocycles. The van der Waals surface area contributed by atoms with Gasteiger partial charge in [-0.05, 0) is 43.7 Å². The van der Waals surface area contributed by atoms with E-state index in [2.05, 4.69) is 0 Å². The summed E-state index contributed by atoms with van der Waals surface area (Å²) in [7, 11) is 0. The van der Waals surface area contributed by atoms with Crippen LogP contribution in [-0.4, -0.2) is 65.5 Å². The predicted molar refractivity (Wildman–Crippen MR) is 103 cm³/mol. The Morgan fingerprint density at radius 3 is 2.68 bits per heavy atom. The number of likely N-dealkylation sites (tertiary alicyclic amines) is 2.